The lowest BCUT2D eigenvalue weighted by Gasteiger charge is -2.34. The number of likely N-dealkylation sites (N-methyl/N-ethyl adjacent to an activating group) is 1. The third-order valence-corrected chi connectivity index (χ3v) is 5.70. The minimum absolute atomic E-state index is 0.0806. The van der Waals surface area contributed by atoms with Gasteiger partial charge in [0.25, 0.3) is 0 Å². The van der Waals surface area contributed by atoms with E-state index in [0.29, 0.717) is 17.9 Å². The highest BCUT2D eigenvalue weighted by molar-refractivity contribution is 5.59. The van der Waals surface area contributed by atoms with Crippen molar-refractivity contribution in [1.82, 2.24) is 0 Å². The van der Waals surface area contributed by atoms with Gasteiger partial charge in [0, 0.05) is 24.1 Å². The number of methoxy groups -OCH3 is 1. The molecule has 0 saturated heterocycles. The lowest BCUT2D eigenvalue weighted by atomic mass is 10.1. The molecule has 6 heteroatoms. The Balaban J connectivity index is 2.74. The Morgan fingerprint density at radius 3 is 2.33 bits per heavy atom. The molecule has 1 unspecified atom stereocenters. The molecule has 0 aliphatic rings. The first-order valence-corrected chi connectivity index (χ1v) is 11.3. The number of nitro groups is 1. The Morgan fingerprint density at radius 2 is 1.77 bits per heavy atom. The maximum atomic E-state index is 11.0. The molecule has 0 fully saturated rings. The third kappa shape index (κ3) is 9.72. The molecule has 170 valence electrons. The average Bonchev–Trinajstić information content (AvgIpc) is 2.70. The van der Waals surface area contributed by atoms with Gasteiger partial charge in [-0.2, -0.15) is 0 Å². The average molecular weight is 422 g/mol. The van der Waals surface area contributed by atoms with E-state index < -0.39 is 0 Å². The van der Waals surface area contributed by atoms with Crippen molar-refractivity contribution in [2.24, 2.45) is 0 Å². The topological polar surface area (TPSA) is 72.6 Å². The van der Waals surface area contributed by atoms with Crippen molar-refractivity contribution >= 4 is 6.08 Å². The summed E-state index contributed by atoms with van der Waals surface area (Å²) in [6, 6.07) is 5.85. The molecule has 0 spiro atoms. The molecular formula is C24H41N2O4+. The minimum Gasteiger partial charge on any atom is -0.496 e. The van der Waals surface area contributed by atoms with Crippen LogP contribution in [0.1, 0.15) is 76.3 Å². The molecule has 0 radical (unpaired) electrons. The van der Waals surface area contributed by atoms with E-state index in [0.717, 1.165) is 29.6 Å². The van der Waals surface area contributed by atoms with Gasteiger partial charge in [0.1, 0.15) is 18.8 Å². The summed E-state index contributed by atoms with van der Waals surface area (Å²) in [5.41, 5.74) is 1.89. The van der Waals surface area contributed by atoms with Crippen LogP contribution in [0.3, 0.4) is 0 Å². The molecule has 30 heavy (non-hydrogen) atoms. The Hall–Kier alpha value is -1.92. The molecule has 1 atom stereocenters. The quantitative estimate of drug-likeness (QED) is 0.168. The van der Waals surface area contributed by atoms with Crippen LogP contribution in [0.4, 0.5) is 0 Å². The zero-order chi connectivity index (χ0) is 22.4. The fourth-order valence-corrected chi connectivity index (χ4v) is 3.85. The summed E-state index contributed by atoms with van der Waals surface area (Å²) in [4.78, 5) is 10.6. The molecule has 0 heterocycles. The van der Waals surface area contributed by atoms with Crippen molar-refractivity contribution in [2.45, 2.75) is 71.8 Å². The Bertz CT molecular complexity index is 675. The summed E-state index contributed by atoms with van der Waals surface area (Å²) in [6.07, 6.45) is 11.8. The standard InChI is InChI=1S/C24H41N2O4/c1-5-6-7-8-9-10-11-12-15-26(3,16-17-27)20-22-13-14-24(30-4)23(19-22)18-21(2)25(28)29/h13-14,18-19,27H,5-12,15-17,20H2,1-4H3/q+1/b21-18+. The van der Waals surface area contributed by atoms with Crippen LogP contribution in [0, 0.1) is 10.1 Å². The second-order valence-electron chi connectivity index (χ2n) is 8.54. The van der Waals surface area contributed by atoms with Crippen LogP contribution in [0.2, 0.25) is 0 Å². The molecule has 1 aromatic carbocycles. The Morgan fingerprint density at radius 1 is 1.13 bits per heavy atom. The monoisotopic (exact) mass is 421 g/mol. The predicted octanol–water partition coefficient (Wildman–Crippen LogP) is 5.41. The molecule has 6 nitrogen and oxygen atoms in total. The Kier molecular flexibility index (Phi) is 12.3. The summed E-state index contributed by atoms with van der Waals surface area (Å²) in [7, 11) is 3.75. The zero-order valence-corrected chi connectivity index (χ0v) is 19.4. The molecule has 0 bridgehead atoms. The van der Waals surface area contributed by atoms with E-state index in [-0.39, 0.29) is 17.2 Å². The number of allylic oxidation sites excluding steroid dienone is 1. The van der Waals surface area contributed by atoms with Crippen molar-refractivity contribution in [3.8, 4) is 5.75 Å². The van der Waals surface area contributed by atoms with Crippen LogP contribution in [0.25, 0.3) is 6.08 Å². The summed E-state index contributed by atoms with van der Waals surface area (Å²) in [6.45, 7) is 6.37. The molecule has 0 aliphatic carbocycles. The molecular weight excluding hydrogens is 380 g/mol. The van der Waals surface area contributed by atoms with E-state index in [4.69, 9.17) is 4.74 Å². The highest BCUT2D eigenvalue weighted by atomic mass is 16.6. The Labute approximate surface area is 182 Å². The van der Waals surface area contributed by atoms with E-state index in [1.807, 2.05) is 18.2 Å². The zero-order valence-electron chi connectivity index (χ0n) is 19.4. The second-order valence-corrected chi connectivity index (χ2v) is 8.54. The fourth-order valence-electron chi connectivity index (χ4n) is 3.85. The first-order valence-electron chi connectivity index (χ1n) is 11.3. The number of aliphatic hydroxyl groups is 1. The van der Waals surface area contributed by atoms with Gasteiger partial charge in [0.15, 0.2) is 0 Å². The van der Waals surface area contributed by atoms with Gasteiger partial charge in [-0.1, -0.05) is 45.4 Å². The number of unbranched alkanes of at least 4 members (excludes halogenated alkanes) is 7. The largest absolute Gasteiger partial charge is 0.496 e. The van der Waals surface area contributed by atoms with E-state index >= 15 is 0 Å². The van der Waals surface area contributed by atoms with E-state index in [1.54, 1.807) is 13.2 Å². The van der Waals surface area contributed by atoms with Crippen molar-refractivity contribution in [2.75, 3.05) is 33.9 Å². The number of hydrogen-bond acceptors (Lipinski definition) is 4. The highest BCUT2D eigenvalue weighted by Gasteiger charge is 2.22. The molecule has 0 aromatic heterocycles. The molecule has 0 amide bonds. The van der Waals surface area contributed by atoms with Crippen LogP contribution >= 0.6 is 0 Å². The van der Waals surface area contributed by atoms with Crippen molar-refractivity contribution in [3.63, 3.8) is 0 Å². The SMILES string of the molecule is CCCCCCCCCC[N+](C)(CCO)Cc1ccc(OC)c(/C=C(\C)[N+](=O)[O-])c1. The number of nitrogens with zero attached hydrogens (tertiary/aromatic N) is 2. The number of quaternary nitrogens is 1. The predicted molar refractivity (Wildman–Crippen MR) is 123 cm³/mol. The van der Waals surface area contributed by atoms with Gasteiger partial charge in [0.2, 0.25) is 5.70 Å². The molecule has 0 aliphatic heterocycles. The summed E-state index contributed by atoms with van der Waals surface area (Å²) < 4.78 is 6.13. The highest BCUT2D eigenvalue weighted by Crippen LogP contribution is 2.25. The van der Waals surface area contributed by atoms with Crippen molar-refractivity contribution in [1.29, 1.82) is 0 Å². The van der Waals surface area contributed by atoms with Gasteiger partial charge >= 0.3 is 0 Å². The molecule has 1 N–H and O–H groups in total. The van der Waals surface area contributed by atoms with E-state index in [2.05, 4.69) is 14.0 Å². The maximum absolute atomic E-state index is 11.0. The first-order chi connectivity index (χ1) is 14.3. The van der Waals surface area contributed by atoms with Crippen LogP contribution in [-0.2, 0) is 6.54 Å². The van der Waals surface area contributed by atoms with Gasteiger partial charge in [-0.3, -0.25) is 10.1 Å². The minimum atomic E-state index is -0.389. The van der Waals surface area contributed by atoms with Crippen LogP contribution in [0.15, 0.2) is 23.9 Å². The molecule has 1 aromatic rings. The van der Waals surface area contributed by atoms with Crippen molar-refractivity contribution < 1.29 is 19.2 Å². The third-order valence-electron chi connectivity index (χ3n) is 5.70. The van der Waals surface area contributed by atoms with Gasteiger partial charge < -0.3 is 14.3 Å². The number of hydrogen-bond donors (Lipinski definition) is 1. The van der Waals surface area contributed by atoms with Gasteiger partial charge in [-0.15, -0.1) is 0 Å². The maximum Gasteiger partial charge on any atom is 0.243 e. The normalized spacial score (nSPS) is 13.8. The second kappa shape index (κ2) is 14.1. The molecule has 0 saturated carbocycles. The van der Waals surface area contributed by atoms with E-state index in [1.165, 1.54) is 51.9 Å². The smallest absolute Gasteiger partial charge is 0.243 e. The lowest BCUT2D eigenvalue weighted by molar-refractivity contribution is -0.923. The van der Waals surface area contributed by atoms with Crippen molar-refractivity contribution in [3.05, 3.63) is 45.1 Å². The lowest BCUT2D eigenvalue weighted by Crippen LogP contribution is -2.46. The number of ether oxygens (including phenoxy) is 1. The van der Waals surface area contributed by atoms with Gasteiger partial charge in [-0.25, -0.2) is 0 Å². The number of benzene rings is 1. The summed E-state index contributed by atoms with van der Waals surface area (Å²) in [5, 5.41) is 20.6. The van der Waals surface area contributed by atoms with Gasteiger partial charge in [0.05, 0.1) is 32.2 Å². The summed E-state index contributed by atoms with van der Waals surface area (Å²) >= 11 is 0. The molecule has 1 rings (SSSR count). The number of rotatable bonds is 16. The summed E-state index contributed by atoms with van der Waals surface area (Å²) in [5.74, 6) is 0.624. The van der Waals surface area contributed by atoms with Crippen LogP contribution in [-0.4, -0.2) is 48.4 Å². The first kappa shape index (κ1) is 26.1. The number of aliphatic hydroxyl groups excluding tert-OH is 1. The van der Waals surface area contributed by atoms with Crippen LogP contribution < -0.4 is 4.74 Å². The fraction of sp³-hybridized carbons (Fsp3) is 0.667. The van der Waals surface area contributed by atoms with Crippen LogP contribution in [0.5, 0.6) is 5.75 Å². The van der Waals surface area contributed by atoms with Gasteiger partial charge in [-0.05, 0) is 31.0 Å². The van der Waals surface area contributed by atoms with E-state index in [9.17, 15) is 15.2 Å².